The van der Waals surface area contributed by atoms with Crippen LogP contribution in [0.5, 0.6) is 5.75 Å². The highest BCUT2D eigenvalue weighted by Crippen LogP contribution is 2.35. The first kappa shape index (κ1) is 15.8. The molecule has 0 fully saturated rings. The number of hydrogen-bond donors (Lipinski definition) is 1. The van der Waals surface area contributed by atoms with Crippen molar-refractivity contribution in [2.45, 2.75) is 18.4 Å². The molecule has 9 nitrogen and oxygen atoms in total. The number of benzene rings is 1. The van der Waals surface area contributed by atoms with Crippen molar-refractivity contribution in [1.29, 1.82) is 0 Å². The van der Waals surface area contributed by atoms with Crippen LogP contribution in [-0.4, -0.2) is 30.2 Å². The molecule has 0 spiro atoms. The fraction of sp³-hybridized carbons (Fsp3) is 0.250. The number of nitrogens with one attached hydrogen (secondary N) is 1. The van der Waals surface area contributed by atoms with Gasteiger partial charge in [-0.3, -0.25) is 19.5 Å². The van der Waals surface area contributed by atoms with Gasteiger partial charge in [0.25, 0.3) is 15.7 Å². The molecule has 0 radical (unpaired) electrons. The SMILES string of the molecule is CCn1cc(S(=O)(=O)Nc2c(OC)cccc2[N+](=O)[O-])cn1. The standard InChI is InChI=1S/C12H14N4O5S/c1-3-15-8-9(7-13-15)22(19,20)14-12-10(16(17)18)5-4-6-11(12)21-2/h4-8,14H,3H2,1-2H3. The highest BCUT2D eigenvalue weighted by molar-refractivity contribution is 7.92. The van der Waals surface area contributed by atoms with Gasteiger partial charge in [-0.05, 0) is 13.0 Å². The molecule has 10 heteroatoms. The first-order chi connectivity index (χ1) is 10.4. The molecule has 0 atom stereocenters. The normalized spacial score (nSPS) is 11.2. The van der Waals surface area contributed by atoms with Crippen LogP contribution in [0.25, 0.3) is 0 Å². The number of nitro benzene ring substituents is 1. The lowest BCUT2D eigenvalue weighted by atomic mass is 10.2. The summed E-state index contributed by atoms with van der Waals surface area (Å²) >= 11 is 0. The summed E-state index contributed by atoms with van der Waals surface area (Å²) in [6, 6.07) is 4.03. The van der Waals surface area contributed by atoms with Crippen LogP contribution in [0, 0.1) is 10.1 Å². The topological polar surface area (TPSA) is 116 Å². The van der Waals surface area contributed by atoms with Crippen molar-refractivity contribution in [3.63, 3.8) is 0 Å². The van der Waals surface area contributed by atoms with E-state index >= 15 is 0 Å². The van der Waals surface area contributed by atoms with E-state index in [2.05, 4.69) is 9.82 Å². The molecular weight excluding hydrogens is 312 g/mol. The van der Waals surface area contributed by atoms with Crippen LogP contribution in [0.1, 0.15) is 6.92 Å². The number of para-hydroxylation sites is 1. The summed E-state index contributed by atoms with van der Waals surface area (Å²) < 4.78 is 33.3. The number of ether oxygens (including phenoxy) is 1. The fourth-order valence-corrected chi connectivity index (χ4v) is 2.83. The summed E-state index contributed by atoms with van der Waals surface area (Å²) in [7, 11) is -2.71. The molecular formula is C12H14N4O5S. The molecule has 1 heterocycles. The molecule has 0 amide bonds. The second-order valence-electron chi connectivity index (χ2n) is 4.25. The number of rotatable bonds is 6. The number of sulfonamides is 1. The number of methoxy groups -OCH3 is 1. The Morgan fingerprint density at radius 3 is 2.73 bits per heavy atom. The molecule has 22 heavy (non-hydrogen) atoms. The second kappa shape index (κ2) is 6.02. The van der Waals surface area contributed by atoms with Crippen molar-refractivity contribution in [3.05, 3.63) is 40.7 Å². The molecule has 0 unspecified atom stereocenters. The van der Waals surface area contributed by atoms with Crippen LogP contribution in [0.15, 0.2) is 35.5 Å². The number of aryl methyl sites for hydroxylation is 1. The van der Waals surface area contributed by atoms with Gasteiger partial charge in [-0.1, -0.05) is 6.07 Å². The largest absolute Gasteiger partial charge is 0.494 e. The highest BCUT2D eigenvalue weighted by Gasteiger charge is 2.25. The predicted octanol–water partition coefficient (Wildman–Crippen LogP) is 1.62. The van der Waals surface area contributed by atoms with Gasteiger partial charge in [-0.2, -0.15) is 5.10 Å². The van der Waals surface area contributed by atoms with Crippen LogP contribution in [0.4, 0.5) is 11.4 Å². The third-order valence-electron chi connectivity index (χ3n) is 2.90. The van der Waals surface area contributed by atoms with E-state index in [1.54, 1.807) is 0 Å². The lowest BCUT2D eigenvalue weighted by Gasteiger charge is -2.10. The third kappa shape index (κ3) is 3.01. The summed E-state index contributed by atoms with van der Waals surface area (Å²) in [6.45, 7) is 2.31. The van der Waals surface area contributed by atoms with Gasteiger partial charge in [0.15, 0.2) is 5.69 Å². The van der Waals surface area contributed by atoms with Crippen molar-refractivity contribution in [2.75, 3.05) is 11.8 Å². The van der Waals surface area contributed by atoms with Gasteiger partial charge in [-0.25, -0.2) is 8.42 Å². The van der Waals surface area contributed by atoms with Crippen LogP contribution >= 0.6 is 0 Å². The zero-order chi connectivity index (χ0) is 16.3. The molecule has 1 aromatic heterocycles. The number of aromatic nitrogens is 2. The quantitative estimate of drug-likeness (QED) is 0.637. The summed E-state index contributed by atoms with van der Waals surface area (Å²) in [5.74, 6) is 0.0562. The maximum Gasteiger partial charge on any atom is 0.297 e. The molecule has 0 aliphatic rings. The van der Waals surface area contributed by atoms with E-state index in [1.165, 1.54) is 42.4 Å². The van der Waals surface area contributed by atoms with Gasteiger partial charge in [-0.15, -0.1) is 0 Å². The van der Waals surface area contributed by atoms with Gasteiger partial charge in [0.1, 0.15) is 10.6 Å². The molecule has 0 aliphatic heterocycles. The summed E-state index contributed by atoms with van der Waals surface area (Å²) in [6.07, 6.45) is 2.51. The average Bonchev–Trinajstić information content (AvgIpc) is 2.96. The number of hydrogen-bond acceptors (Lipinski definition) is 6. The van der Waals surface area contributed by atoms with E-state index in [-0.39, 0.29) is 16.3 Å². The molecule has 0 saturated heterocycles. The van der Waals surface area contributed by atoms with E-state index < -0.39 is 20.6 Å². The third-order valence-corrected chi connectivity index (χ3v) is 4.21. The van der Waals surface area contributed by atoms with Gasteiger partial charge in [0.05, 0.1) is 18.2 Å². The second-order valence-corrected chi connectivity index (χ2v) is 5.93. The Balaban J connectivity index is 2.47. The Kier molecular flexibility index (Phi) is 4.31. The fourth-order valence-electron chi connectivity index (χ4n) is 1.79. The van der Waals surface area contributed by atoms with Crippen molar-refractivity contribution in [2.24, 2.45) is 0 Å². The van der Waals surface area contributed by atoms with Crippen molar-refractivity contribution < 1.29 is 18.1 Å². The van der Waals surface area contributed by atoms with Gasteiger partial charge in [0.2, 0.25) is 0 Å². The number of nitrogens with zero attached hydrogens (tertiary/aromatic N) is 3. The molecule has 0 saturated carbocycles. The molecule has 0 bridgehead atoms. The number of nitro groups is 1. The minimum absolute atomic E-state index is 0.0562. The van der Waals surface area contributed by atoms with E-state index in [1.807, 2.05) is 6.92 Å². The molecule has 1 N–H and O–H groups in total. The Hall–Kier alpha value is -2.62. The maximum atomic E-state index is 12.3. The van der Waals surface area contributed by atoms with Crippen molar-refractivity contribution in [3.8, 4) is 5.75 Å². The Bertz CT molecular complexity index is 800. The summed E-state index contributed by atoms with van der Waals surface area (Å²) in [5.41, 5.74) is -0.620. The molecule has 118 valence electrons. The van der Waals surface area contributed by atoms with Gasteiger partial charge in [0, 0.05) is 18.8 Å². The van der Waals surface area contributed by atoms with E-state index in [9.17, 15) is 18.5 Å². The van der Waals surface area contributed by atoms with Gasteiger partial charge < -0.3 is 4.74 Å². The molecule has 0 aliphatic carbocycles. The van der Waals surface area contributed by atoms with Gasteiger partial charge >= 0.3 is 0 Å². The maximum absolute atomic E-state index is 12.3. The summed E-state index contributed by atoms with van der Waals surface area (Å²) in [4.78, 5) is 10.3. The average molecular weight is 326 g/mol. The molecule has 1 aromatic carbocycles. The van der Waals surface area contributed by atoms with Crippen LogP contribution in [0.2, 0.25) is 0 Å². The highest BCUT2D eigenvalue weighted by atomic mass is 32.2. The van der Waals surface area contributed by atoms with Crippen LogP contribution in [0.3, 0.4) is 0 Å². The van der Waals surface area contributed by atoms with Crippen LogP contribution < -0.4 is 9.46 Å². The van der Waals surface area contributed by atoms with Crippen molar-refractivity contribution in [1.82, 2.24) is 9.78 Å². The Morgan fingerprint density at radius 2 is 2.18 bits per heavy atom. The smallest absolute Gasteiger partial charge is 0.297 e. The predicted molar refractivity (Wildman–Crippen MR) is 78.4 cm³/mol. The van der Waals surface area contributed by atoms with E-state index in [4.69, 9.17) is 4.74 Å². The lowest BCUT2D eigenvalue weighted by Crippen LogP contribution is -2.14. The first-order valence-corrected chi connectivity index (χ1v) is 7.74. The monoisotopic (exact) mass is 326 g/mol. The Labute approximate surface area is 126 Å². The Morgan fingerprint density at radius 1 is 1.45 bits per heavy atom. The zero-order valence-corrected chi connectivity index (χ0v) is 12.7. The van der Waals surface area contributed by atoms with Crippen molar-refractivity contribution >= 4 is 21.4 Å². The zero-order valence-electron chi connectivity index (χ0n) is 11.9. The summed E-state index contributed by atoms with van der Waals surface area (Å²) in [5, 5.41) is 14.9. The van der Waals surface area contributed by atoms with E-state index in [0.717, 1.165) is 0 Å². The van der Waals surface area contributed by atoms with E-state index in [0.29, 0.717) is 6.54 Å². The first-order valence-electron chi connectivity index (χ1n) is 6.25. The minimum atomic E-state index is -4.01. The molecule has 2 rings (SSSR count). The number of anilines is 1. The lowest BCUT2D eigenvalue weighted by molar-refractivity contribution is -0.383. The van der Waals surface area contributed by atoms with Crippen LogP contribution in [-0.2, 0) is 16.6 Å². The molecule has 2 aromatic rings. The minimum Gasteiger partial charge on any atom is -0.494 e.